The highest BCUT2D eigenvalue weighted by Crippen LogP contribution is 2.25. The topological polar surface area (TPSA) is 67.6 Å². The fraction of sp³-hybridized carbons (Fsp3) is 0.923. The maximum Gasteiger partial charge on any atom is 0.317 e. The van der Waals surface area contributed by atoms with Gasteiger partial charge in [-0.1, -0.05) is 13.3 Å². The molecular weight excluding hydrogens is 230 g/mol. The first-order valence-corrected chi connectivity index (χ1v) is 7.04. The first kappa shape index (κ1) is 15.2. The van der Waals surface area contributed by atoms with Gasteiger partial charge in [-0.2, -0.15) is 0 Å². The van der Waals surface area contributed by atoms with Crippen molar-refractivity contribution in [2.75, 3.05) is 32.8 Å². The van der Waals surface area contributed by atoms with E-state index in [9.17, 15) is 4.79 Å². The standard InChI is InChI=1S/C13H27N3O2/c1-3-5-8-15-12(17)16-9-6-13(11-14,7-10-16)18-4-2/h3-11,14H2,1-2H3,(H,15,17). The monoisotopic (exact) mass is 257 g/mol. The number of nitrogens with two attached hydrogens (primary N) is 1. The molecule has 1 aliphatic heterocycles. The van der Waals surface area contributed by atoms with E-state index in [4.69, 9.17) is 10.5 Å². The summed E-state index contributed by atoms with van der Waals surface area (Å²) in [5.41, 5.74) is 5.59. The van der Waals surface area contributed by atoms with Crippen LogP contribution >= 0.6 is 0 Å². The van der Waals surface area contributed by atoms with Gasteiger partial charge in [0.2, 0.25) is 0 Å². The number of ether oxygens (including phenoxy) is 1. The third-order valence-electron chi connectivity index (χ3n) is 3.59. The highest BCUT2D eigenvalue weighted by molar-refractivity contribution is 5.74. The molecule has 3 N–H and O–H groups in total. The minimum absolute atomic E-state index is 0.0468. The smallest absolute Gasteiger partial charge is 0.317 e. The molecule has 0 aliphatic carbocycles. The molecule has 106 valence electrons. The van der Waals surface area contributed by atoms with Crippen molar-refractivity contribution in [1.82, 2.24) is 10.2 Å². The summed E-state index contributed by atoms with van der Waals surface area (Å²) in [4.78, 5) is 13.7. The number of nitrogens with zero attached hydrogens (tertiary/aromatic N) is 1. The van der Waals surface area contributed by atoms with E-state index < -0.39 is 0 Å². The van der Waals surface area contributed by atoms with Gasteiger partial charge in [0.15, 0.2) is 0 Å². The zero-order chi connectivity index (χ0) is 13.4. The van der Waals surface area contributed by atoms with Gasteiger partial charge in [-0.3, -0.25) is 0 Å². The van der Waals surface area contributed by atoms with Gasteiger partial charge in [0.05, 0.1) is 5.60 Å². The average molecular weight is 257 g/mol. The van der Waals surface area contributed by atoms with E-state index in [0.29, 0.717) is 13.2 Å². The van der Waals surface area contributed by atoms with Crippen LogP contribution in [0, 0.1) is 0 Å². The Balaban J connectivity index is 2.35. The van der Waals surface area contributed by atoms with Gasteiger partial charge >= 0.3 is 6.03 Å². The average Bonchev–Trinajstić information content (AvgIpc) is 2.40. The van der Waals surface area contributed by atoms with Crippen molar-refractivity contribution >= 4 is 6.03 Å². The van der Waals surface area contributed by atoms with E-state index in [2.05, 4.69) is 12.2 Å². The van der Waals surface area contributed by atoms with Crippen molar-refractivity contribution in [1.29, 1.82) is 0 Å². The summed E-state index contributed by atoms with van der Waals surface area (Å²) in [6.45, 7) is 7.54. The van der Waals surface area contributed by atoms with Gasteiger partial charge in [0.1, 0.15) is 0 Å². The van der Waals surface area contributed by atoms with Crippen LogP contribution in [-0.4, -0.2) is 49.3 Å². The molecule has 0 atom stereocenters. The number of urea groups is 1. The van der Waals surface area contributed by atoms with Crippen LogP contribution < -0.4 is 11.1 Å². The van der Waals surface area contributed by atoms with E-state index in [1.165, 1.54) is 0 Å². The number of amides is 2. The van der Waals surface area contributed by atoms with Crippen molar-refractivity contribution < 1.29 is 9.53 Å². The number of nitrogens with one attached hydrogen (secondary N) is 1. The molecule has 0 spiro atoms. The molecule has 1 heterocycles. The van der Waals surface area contributed by atoms with Crippen LogP contribution in [0.25, 0.3) is 0 Å². The van der Waals surface area contributed by atoms with Crippen molar-refractivity contribution in [2.45, 2.75) is 45.1 Å². The second-order valence-corrected chi connectivity index (χ2v) is 4.89. The molecule has 0 aromatic carbocycles. The molecule has 2 amide bonds. The number of hydrogen-bond acceptors (Lipinski definition) is 3. The summed E-state index contributed by atoms with van der Waals surface area (Å²) in [6, 6.07) is 0.0468. The van der Waals surface area contributed by atoms with Crippen LogP contribution in [0.2, 0.25) is 0 Å². The Kier molecular flexibility index (Phi) is 6.43. The Labute approximate surface area is 110 Å². The fourth-order valence-corrected chi connectivity index (χ4v) is 2.31. The molecular formula is C13H27N3O2. The van der Waals surface area contributed by atoms with E-state index >= 15 is 0 Å². The quantitative estimate of drug-likeness (QED) is 0.705. The Morgan fingerprint density at radius 1 is 1.39 bits per heavy atom. The largest absolute Gasteiger partial charge is 0.374 e. The van der Waals surface area contributed by atoms with Crippen LogP contribution in [0.3, 0.4) is 0 Å². The van der Waals surface area contributed by atoms with Gasteiger partial charge in [-0.25, -0.2) is 4.79 Å². The van der Waals surface area contributed by atoms with Crippen LogP contribution in [0.5, 0.6) is 0 Å². The second-order valence-electron chi connectivity index (χ2n) is 4.89. The lowest BCUT2D eigenvalue weighted by Crippen LogP contribution is -2.53. The Bertz CT molecular complexity index is 251. The molecule has 0 bridgehead atoms. The molecule has 18 heavy (non-hydrogen) atoms. The van der Waals surface area contributed by atoms with Gasteiger partial charge in [-0.15, -0.1) is 0 Å². The lowest BCUT2D eigenvalue weighted by molar-refractivity contribution is -0.0663. The zero-order valence-electron chi connectivity index (χ0n) is 11.7. The lowest BCUT2D eigenvalue weighted by Gasteiger charge is -2.40. The molecule has 0 aromatic rings. The van der Waals surface area contributed by atoms with E-state index in [1.807, 2.05) is 11.8 Å². The minimum atomic E-state index is -0.213. The Hall–Kier alpha value is -0.810. The van der Waals surface area contributed by atoms with Crippen molar-refractivity contribution in [3.05, 3.63) is 0 Å². The number of unbranched alkanes of at least 4 members (excludes halogenated alkanes) is 1. The predicted octanol–water partition coefficient (Wildman–Crippen LogP) is 1.33. The molecule has 0 aromatic heterocycles. The highest BCUT2D eigenvalue weighted by Gasteiger charge is 2.35. The number of rotatable bonds is 6. The lowest BCUT2D eigenvalue weighted by atomic mass is 9.91. The Morgan fingerprint density at radius 2 is 2.06 bits per heavy atom. The third-order valence-corrected chi connectivity index (χ3v) is 3.59. The molecule has 1 rings (SSSR count). The highest BCUT2D eigenvalue weighted by atomic mass is 16.5. The predicted molar refractivity (Wildman–Crippen MR) is 72.5 cm³/mol. The summed E-state index contributed by atoms with van der Waals surface area (Å²) >= 11 is 0. The normalized spacial score (nSPS) is 18.7. The molecule has 0 saturated carbocycles. The summed E-state index contributed by atoms with van der Waals surface area (Å²) in [5.74, 6) is 0. The number of likely N-dealkylation sites (tertiary alicyclic amines) is 1. The summed E-state index contributed by atoms with van der Waals surface area (Å²) in [5, 5.41) is 2.95. The summed E-state index contributed by atoms with van der Waals surface area (Å²) < 4.78 is 5.76. The van der Waals surface area contributed by atoms with E-state index in [0.717, 1.165) is 45.3 Å². The molecule has 0 unspecified atom stereocenters. The number of carbonyl (C=O) groups excluding carboxylic acids is 1. The molecule has 1 saturated heterocycles. The van der Waals surface area contributed by atoms with Gasteiger partial charge in [-0.05, 0) is 26.2 Å². The van der Waals surface area contributed by atoms with Gasteiger partial charge in [0, 0.05) is 32.8 Å². The maximum absolute atomic E-state index is 11.9. The first-order valence-electron chi connectivity index (χ1n) is 7.04. The van der Waals surface area contributed by atoms with Crippen LogP contribution in [0.1, 0.15) is 39.5 Å². The van der Waals surface area contributed by atoms with Gasteiger partial charge in [0.25, 0.3) is 0 Å². The van der Waals surface area contributed by atoms with Crippen molar-refractivity contribution in [3.8, 4) is 0 Å². The molecule has 5 nitrogen and oxygen atoms in total. The molecule has 5 heteroatoms. The fourth-order valence-electron chi connectivity index (χ4n) is 2.31. The van der Waals surface area contributed by atoms with Gasteiger partial charge < -0.3 is 20.7 Å². The van der Waals surface area contributed by atoms with Crippen LogP contribution in [0.4, 0.5) is 4.79 Å². The van der Waals surface area contributed by atoms with Crippen LogP contribution in [-0.2, 0) is 4.74 Å². The second kappa shape index (κ2) is 7.59. The zero-order valence-corrected chi connectivity index (χ0v) is 11.7. The van der Waals surface area contributed by atoms with Crippen molar-refractivity contribution in [2.24, 2.45) is 5.73 Å². The summed E-state index contributed by atoms with van der Waals surface area (Å²) in [7, 11) is 0. The number of piperidine rings is 1. The maximum atomic E-state index is 11.9. The molecule has 1 aliphatic rings. The number of carbonyl (C=O) groups is 1. The molecule has 1 fully saturated rings. The van der Waals surface area contributed by atoms with Crippen LogP contribution in [0.15, 0.2) is 0 Å². The Morgan fingerprint density at radius 3 is 2.56 bits per heavy atom. The first-order chi connectivity index (χ1) is 8.67. The van der Waals surface area contributed by atoms with E-state index in [-0.39, 0.29) is 11.6 Å². The third kappa shape index (κ3) is 4.14. The minimum Gasteiger partial charge on any atom is -0.374 e. The summed E-state index contributed by atoms with van der Waals surface area (Å²) in [6.07, 6.45) is 3.79. The SMILES string of the molecule is CCCCNC(=O)N1CCC(CN)(OCC)CC1. The number of hydrogen-bond donors (Lipinski definition) is 2. The van der Waals surface area contributed by atoms with E-state index in [1.54, 1.807) is 0 Å². The molecule has 0 radical (unpaired) electrons. The van der Waals surface area contributed by atoms with Crippen molar-refractivity contribution in [3.63, 3.8) is 0 Å².